The Labute approximate surface area is 58.5 Å². The average molecular weight is 138 g/mol. The Kier molecular flexibility index (Phi) is 2.24. The predicted molar refractivity (Wildman–Crippen MR) is 45.2 cm³/mol. The third-order valence-corrected chi connectivity index (χ3v) is 1.77. The molecule has 1 atom stereocenters. The van der Waals surface area contributed by atoms with Gasteiger partial charge < -0.3 is 0 Å². The van der Waals surface area contributed by atoms with Gasteiger partial charge in [-0.05, 0) is 17.3 Å². The SMILES string of the molecule is CCc1ccc(P)cc1. The lowest BCUT2D eigenvalue weighted by molar-refractivity contribution is 1.14. The Morgan fingerprint density at radius 1 is 1.22 bits per heavy atom. The summed E-state index contributed by atoms with van der Waals surface area (Å²) in [5, 5.41) is 1.26. The van der Waals surface area contributed by atoms with E-state index in [4.69, 9.17) is 0 Å². The van der Waals surface area contributed by atoms with Gasteiger partial charge in [0.1, 0.15) is 0 Å². The Balaban J connectivity index is 2.88. The predicted octanol–water partition coefficient (Wildman–Crippen LogP) is 1.75. The molecule has 0 aromatic heterocycles. The van der Waals surface area contributed by atoms with Crippen molar-refractivity contribution in [1.82, 2.24) is 0 Å². The van der Waals surface area contributed by atoms with E-state index in [0.717, 1.165) is 6.42 Å². The molecular weight excluding hydrogens is 127 g/mol. The van der Waals surface area contributed by atoms with Gasteiger partial charge in [0.25, 0.3) is 0 Å². The van der Waals surface area contributed by atoms with E-state index < -0.39 is 0 Å². The highest BCUT2D eigenvalue weighted by Crippen LogP contribution is 1.98. The van der Waals surface area contributed by atoms with Crippen LogP contribution in [0.1, 0.15) is 12.5 Å². The molecule has 9 heavy (non-hydrogen) atoms. The van der Waals surface area contributed by atoms with Crippen LogP contribution in [0.15, 0.2) is 24.3 Å². The van der Waals surface area contributed by atoms with E-state index in [1.807, 2.05) is 0 Å². The zero-order valence-corrected chi connectivity index (χ0v) is 6.75. The monoisotopic (exact) mass is 138 g/mol. The molecule has 0 heterocycles. The molecule has 1 rings (SSSR count). The summed E-state index contributed by atoms with van der Waals surface area (Å²) in [5.74, 6) is 0. The average Bonchev–Trinajstić information content (AvgIpc) is 1.90. The Hall–Kier alpha value is -0.350. The van der Waals surface area contributed by atoms with Crippen LogP contribution < -0.4 is 5.30 Å². The summed E-state index contributed by atoms with van der Waals surface area (Å²) in [7, 11) is 2.67. The normalized spacial score (nSPS) is 9.56. The van der Waals surface area contributed by atoms with E-state index in [-0.39, 0.29) is 0 Å². The van der Waals surface area contributed by atoms with Crippen molar-refractivity contribution in [3.63, 3.8) is 0 Å². The third-order valence-electron chi connectivity index (χ3n) is 1.39. The molecule has 0 saturated carbocycles. The van der Waals surface area contributed by atoms with Gasteiger partial charge in [-0.1, -0.05) is 31.2 Å². The minimum atomic E-state index is 1.13. The fourth-order valence-corrected chi connectivity index (χ4v) is 0.946. The molecule has 1 unspecified atom stereocenters. The quantitative estimate of drug-likeness (QED) is 0.518. The molecule has 0 radical (unpaired) electrons. The van der Waals surface area contributed by atoms with Gasteiger partial charge in [-0.3, -0.25) is 0 Å². The molecule has 0 bridgehead atoms. The standard InChI is InChI=1S/C8H11P/c1-2-7-3-5-8(9)6-4-7/h3-6H,2,9H2,1H3. The van der Waals surface area contributed by atoms with Gasteiger partial charge in [0, 0.05) is 0 Å². The topological polar surface area (TPSA) is 0 Å². The molecule has 0 N–H and O–H groups in total. The molecule has 0 aliphatic heterocycles. The number of rotatable bonds is 1. The van der Waals surface area contributed by atoms with Gasteiger partial charge in [-0.2, -0.15) is 0 Å². The van der Waals surface area contributed by atoms with Crippen molar-refractivity contribution in [3.8, 4) is 0 Å². The van der Waals surface area contributed by atoms with Gasteiger partial charge in [0.2, 0.25) is 0 Å². The molecule has 0 saturated heterocycles. The molecule has 0 fully saturated rings. The van der Waals surface area contributed by atoms with Crippen molar-refractivity contribution in [2.75, 3.05) is 0 Å². The van der Waals surface area contributed by atoms with Crippen molar-refractivity contribution in [3.05, 3.63) is 29.8 Å². The fourth-order valence-electron chi connectivity index (χ4n) is 0.753. The van der Waals surface area contributed by atoms with Gasteiger partial charge in [0.15, 0.2) is 0 Å². The second-order valence-electron chi connectivity index (χ2n) is 2.10. The first-order valence-corrected chi connectivity index (χ1v) is 3.75. The molecule has 0 amide bonds. The number of benzene rings is 1. The summed E-state index contributed by atoms with van der Waals surface area (Å²) < 4.78 is 0. The molecule has 48 valence electrons. The van der Waals surface area contributed by atoms with Crippen LogP contribution in [-0.4, -0.2) is 0 Å². The molecule has 1 aromatic rings. The lowest BCUT2D eigenvalue weighted by Crippen LogP contribution is -1.88. The van der Waals surface area contributed by atoms with E-state index >= 15 is 0 Å². The number of hydrogen-bond donors (Lipinski definition) is 0. The maximum atomic E-state index is 2.67. The Morgan fingerprint density at radius 2 is 1.78 bits per heavy atom. The second-order valence-corrected chi connectivity index (χ2v) is 2.76. The second kappa shape index (κ2) is 2.98. The molecular formula is C8H11P. The van der Waals surface area contributed by atoms with Crippen LogP contribution in [0.25, 0.3) is 0 Å². The molecule has 0 nitrogen and oxygen atoms in total. The van der Waals surface area contributed by atoms with Crippen molar-refractivity contribution >= 4 is 14.5 Å². The van der Waals surface area contributed by atoms with Gasteiger partial charge in [0.05, 0.1) is 0 Å². The minimum absolute atomic E-state index is 1.13. The van der Waals surface area contributed by atoms with Crippen LogP contribution >= 0.6 is 9.24 Å². The first-order chi connectivity index (χ1) is 4.33. The van der Waals surface area contributed by atoms with Crippen LogP contribution in [0.5, 0.6) is 0 Å². The largest absolute Gasteiger partial charge is 0.106 e. The number of aryl methyl sites for hydroxylation is 1. The highest BCUT2D eigenvalue weighted by Gasteiger charge is 1.84. The van der Waals surface area contributed by atoms with E-state index in [2.05, 4.69) is 40.4 Å². The third kappa shape index (κ3) is 1.80. The molecule has 1 heteroatoms. The van der Waals surface area contributed by atoms with Crippen LogP contribution in [0.4, 0.5) is 0 Å². The smallest absolute Gasteiger partial charge is 0.0302 e. The van der Waals surface area contributed by atoms with Crippen molar-refractivity contribution in [2.24, 2.45) is 0 Å². The summed E-state index contributed by atoms with van der Waals surface area (Å²) in [6.45, 7) is 2.16. The highest BCUT2D eigenvalue weighted by atomic mass is 31.0. The van der Waals surface area contributed by atoms with E-state index in [0.29, 0.717) is 0 Å². The minimum Gasteiger partial charge on any atom is -0.106 e. The first kappa shape index (κ1) is 6.77. The number of hydrogen-bond acceptors (Lipinski definition) is 0. The maximum Gasteiger partial charge on any atom is -0.0302 e. The molecule has 0 spiro atoms. The maximum absolute atomic E-state index is 2.67. The van der Waals surface area contributed by atoms with Gasteiger partial charge in [-0.15, -0.1) is 9.24 Å². The summed E-state index contributed by atoms with van der Waals surface area (Å²) >= 11 is 0. The van der Waals surface area contributed by atoms with Crippen LogP contribution in [-0.2, 0) is 6.42 Å². The van der Waals surface area contributed by atoms with E-state index in [1.165, 1.54) is 10.9 Å². The Morgan fingerprint density at radius 3 is 2.22 bits per heavy atom. The van der Waals surface area contributed by atoms with E-state index in [9.17, 15) is 0 Å². The van der Waals surface area contributed by atoms with Crippen LogP contribution in [0.3, 0.4) is 0 Å². The zero-order chi connectivity index (χ0) is 6.69. The summed E-state index contributed by atoms with van der Waals surface area (Å²) in [6, 6.07) is 8.54. The highest BCUT2D eigenvalue weighted by molar-refractivity contribution is 7.27. The first-order valence-electron chi connectivity index (χ1n) is 3.17. The Bertz CT molecular complexity index is 176. The van der Waals surface area contributed by atoms with Gasteiger partial charge >= 0.3 is 0 Å². The van der Waals surface area contributed by atoms with Crippen molar-refractivity contribution in [2.45, 2.75) is 13.3 Å². The summed E-state index contributed by atoms with van der Waals surface area (Å²) in [6.07, 6.45) is 1.13. The van der Waals surface area contributed by atoms with Crippen molar-refractivity contribution in [1.29, 1.82) is 0 Å². The molecule has 0 aliphatic rings. The summed E-state index contributed by atoms with van der Waals surface area (Å²) in [4.78, 5) is 0. The molecule has 1 aromatic carbocycles. The summed E-state index contributed by atoms with van der Waals surface area (Å²) in [5.41, 5.74) is 1.40. The van der Waals surface area contributed by atoms with Crippen LogP contribution in [0.2, 0.25) is 0 Å². The zero-order valence-electron chi connectivity index (χ0n) is 5.59. The van der Waals surface area contributed by atoms with Gasteiger partial charge in [-0.25, -0.2) is 0 Å². The molecule has 0 aliphatic carbocycles. The lowest BCUT2D eigenvalue weighted by atomic mass is 10.2. The van der Waals surface area contributed by atoms with Crippen molar-refractivity contribution < 1.29 is 0 Å². The van der Waals surface area contributed by atoms with Crippen LogP contribution in [0, 0.1) is 0 Å². The van der Waals surface area contributed by atoms with E-state index in [1.54, 1.807) is 0 Å². The lowest BCUT2D eigenvalue weighted by Gasteiger charge is -1.94. The fraction of sp³-hybridized carbons (Fsp3) is 0.250.